The number of aryl methyl sites for hydroxylation is 1. The highest BCUT2D eigenvalue weighted by atomic mass is 32.1. The molecule has 1 aromatic carbocycles. The number of nitrogens with two attached hydrogens (primary N) is 1. The first-order valence-corrected chi connectivity index (χ1v) is 11.4. The van der Waals surface area contributed by atoms with Crippen molar-refractivity contribution in [2.24, 2.45) is 0 Å². The lowest BCUT2D eigenvalue weighted by Crippen LogP contribution is -2.38. The molecule has 8 nitrogen and oxygen atoms in total. The van der Waals surface area contributed by atoms with Crippen LogP contribution in [0, 0.1) is 6.92 Å². The Morgan fingerprint density at radius 1 is 1.28 bits per heavy atom. The molecule has 2 aromatic heterocycles. The number of amides is 1. The first kappa shape index (κ1) is 22.3. The number of rotatable bonds is 8. The molecule has 0 aliphatic carbocycles. The van der Waals surface area contributed by atoms with Gasteiger partial charge in [0.2, 0.25) is 5.88 Å². The van der Waals surface area contributed by atoms with Crippen molar-refractivity contribution in [2.75, 3.05) is 52.3 Å². The third-order valence-electron chi connectivity index (χ3n) is 5.45. The molecule has 170 valence electrons. The van der Waals surface area contributed by atoms with E-state index in [4.69, 9.17) is 19.9 Å². The lowest BCUT2D eigenvalue weighted by molar-refractivity contribution is 0.0320. The van der Waals surface area contributed by atoms with Crippen molar-refractivity contribution >= 4 is 33.1 Å². The summed E-state index contributed by atoms with van der Waals surface area (Å²) < 4.78 is 16.4. The third kappa shape index (κ3) is 5.12. The Labute approximate surface area is 191 Å². The number of ether oxygens (including phenoxy) is 3. The lowest BCUT2D eigenvalue weighted by atomic mass is 10.1. The third-order valence-corrected chi connectivity index (χ3v) is 6.55. The van der Waals surface area contributed by atoms with Crippen LogP contribution in [0.4, 0.5) is 5.69 Å². The number of nitrogen functional groups attached to an aromatic ring is 1. The lowest BCUT2D eigenvalue weighted by Gasteiger charge is -2.26. The molecule has 3 aromatic rings. The minimum Gasteiger partial charge on any atom is -0.497 e. The summed E-state index contributed by atoms with van der Waals surface area (Å²) in [5.41, 5.74) is 8.71. The number of hydrogen-bond acceptors (Lipinski definition) is 8. The summed E-state index contributed by atoms with van der Waals surface area (Å²) in [7, 11) is 1.62. The van der Waals surface area contributed by atoms with Crippen LogP contribution in [0.25, 0.3) is 10.2 Å². The maximum Gasteiger partial charge on any atom is 0.263 e. The van der Waals surface area contributed by atoms with Gasteiger partial charge in [0.25, 0.3) is 5.91 Å². The van der Waals surface area contributed by atoms with Crippen LogP contribution >= 0.6 is 11.3 Å². The maximum absolute atomic E-state index is 12.8. The first-order valence-electron chi connectivity index (χ1n) is 10.6. The van der Waals surface area contributed by atoms with Crippen molar-refractivity contribution in [1.29, 1.82) is 0 Å². The smallest absolute Gasteiger partial charge is 0.263 e. The summed E-state index contributed by atoms with van der Waals surface area (Å²) in [5.74, 6) is 1.11. The second-order valence-electron chi connectivity index (χ2n) is 7.64. The fourth-order valence-corrected chi connectivity index (χ4v) is 4.71. The number of nitrogens with zero attached hydrogens (tertiary/aromatic N) is 2. The SMILES string of the molecule is COc1ccc(CNC(=O)c2sc3nc(OCCN4CCOCC4)cc(C)c3c2N)cc1. The number of carbonyl (C=O) groups is 1. The normalized spacial score (nSPS) is 14.4. The molecule has 4 rings (SSSR count). The highest BCUT2D eigenvalue weighted by Crippen LogP contribution is 2.36. The molecule has 0 bridgehead atoms. The number of anilines is 1. The van der Waals surface area contributed by atoms with Crippen LogP contribution in [0.2, 0.25) is 0 Å². The fourth-order valence-electron chi connectivity index (χ4n) is 3.63. The molecule has 1 aliphatic rings. The zero-order valence-electron chi connectivity index (χ0n) is 18.3. The van der Waals surface area contributed by atoms with Gasteiger partial charge in [0, 0.05) is 37.6 Å². The average molecular weight is 457 g/mol. The van der Waals surface area contributed by atoms with Crippen molar-refractivity contribution in [3.63, 3.8) is 0 Å². The summed E-state index contributed by atoms with van der Waals surface area (Å²) in [6.45, 7) is 7.11. The number of pyridine rings is 1. The summed E-state index contributed by atoms with van der Waals surface area (Å²) in [4.78, 5) is 20.9. The molecule has 3 heterocycles. The molecule has 1 amide bonds. The summed E-state index contributed by atoms with van der Waals surface area (Å²) in [5, 5.41) is 3.75. The average Bonchev–Trinajstić information content (AvgIpc) is 3.15. The van der Waals surface area contributed by atoms with E-state index in [9.17, 15) is 4.79 Å². The van der Waals surface area contributed by atoms with Crippen molar-refractivity contribution in [2.45, 2.75) is 13.5 Å². The van der Waals surface area contributed by atoms with E-state index in [-0.39, 0.29) is 5.91 Å². The summed E-state index contributed by atoms with van der Waals surface area (Å²) in [6.07, 6.45) is 0. The Balaban J connectivity index is 1.42. The van der Waals surface area contributed by atoms with Crippen molar-refractivity contribution in [3.05, 3.63) is 46.3 Å². The highest BCUT2D eigenvalue weighted by Gasteiger charge is 2.20. The number of nitrogens with one attached hydrogen (secondary N) is 1. The largest absolute Gasteiger partial charge is 0.497 e. The summed E-state index contributed by atoms with van der Waals surface area (Å²) >= 11 is 1.29. The van der Waals surface area contributed by atoms with Gasteiger partial charge >= 0.3 is 0 Å². The van der Waals surface area contributed by atoms with Crippen LogP contribution < -0.4 is 20.5 Å². The monoisotopic (exact) mass is 456 g/mol. The topological polar surface area (TPSA) is 98.9 Å². The molecular weight excluding hydrogens is 428 g/mol. The van der Waals surface area contributed by atoms with Crippen LogP contribution in [0.3, 0.4) is 0 Å². The van der Waals surface area contributed by atoms with Gasteiger partial charge in [-0.25, -0.2) is 4.98 Å². The van der Waals surface area contributed by atoms with Crippen LogP contribution in [-0.2, 0) is 11.3 Å². The minimum atomic E-state index is -0.212. The number of thiophene rings is 1. The number of aromatic nitrogens is 1. The van der Waals surface area contributed by atoms with E-state index in [0.717, 1.165) is 55.1 Å². The molecule has 32 heavy (non-hydrogen) atoms. The Morgan fingerprint density at radius 3 is 2.75 bits per heavy atom. The molecule has 1 fully saturated rings. The van der Waals surface area contributed by atoms with Crippen molar-refractivity contribution in [3.8, 4) is 11.6 Å². The van der Waals surface area contributed by atoms with E-state index >= 15 is 0 Å². The first-order chi connectivity index (χ1) is 15.5. The van der Waals surface area contributed by atoms with Gasteiger partial charge in [0.15, 0.2) is 0 Å². The van der Waals surface area contributed by atoms with Crippen LogP contribution in [0.1, 0.15) is 20.8 Å². The number of benzene rings is 1. The fraction of sp³-hybridized carbons (Fsp3) is 0.391. The Hall–Kier alpha value is -2.88. The van der Waals surface area contributed by atoms with Gasteiger partial charge in [-0.05, 0) is 30.2 Å². The van der Waals surface area contributed by atoms with Gasteiger partial charge in [0.1, 0.15) is 22.1 Å². The van der Waals surface area contributed by atoms with Crippen LogP contribution in [0.5, 0.6) is 11.6 Å². The molecule has 1 saturated heterocycles. The molecule has 0 radical (unpaired) electrons. The quantitative estimate of drug-likeness (QED) is 0.538. The van der Waals surface area contributed by atoms with E-state index < -0.39 is 0 Å². The zero-order valence-corrected chi connectivity index (χ0v) is 19.2. The Kier molecular flexibility index (Phi) is 7.09. The zero-order chi connectivity index (χ0) is 22.5. The number of fused-ring (bicyclic) bond motifs is 1. The molecule has 1 aliphatic heterocycles. The molecule has 9 heteroatoms. The second kappa shape index (κ2) is 10.2. The Morgan fingerprint density at radius 2 is 2.03 bits per heavy atom. The van der Waals surface area contributed by atoms with Gasteiger partial charge < -0.3 is 25.3 Å². The number of morpholine rings is 1. The van der Waals surface area contributed by atoms with E-state index in [0.29, 0.717) is 34.4 Å². The standard InChI is InChI=1S/C23H28N4O4S/c1-15-13-18(31-12-9-27-7-10-30-11-8-27)26-23-19(15)20(24)21(32-23)22(28)25-14-16-3-5-17(29-2)6-4-16/h3-6,13H,7-12,14,24H2,1-2H3,(H,25,28). The second-order valence-corrected chi connectivity index (χ2v) is 8.63. The van der Waals surface area contributed by atoms with Crippen molar-refractivity contribution in [1.82, 2.24) is 15.2 Å². The minimum absolute atomic E-state index is 0.212. The van der Waals surface area contributed by atoms with E-state index in [1.165, 1.54) is 11.3 Å². The molecular formula is C23H28N4O4S. The van der Waals surface area contributed by atoms with Gasteiger partial charge in [-0.15, -0.1) is 11.3 Å². The van der Waals surface area contributed by atoms with E-state index in [2.05, 4.69) is 15.2 Å². The maximum atomic E-state index is 12.8. The molecule has 3 N–H and O–H groups in total. The molecule has 0 spiro atoms. The predicted octanol–water partition coefficient (Wildman–Crippen LogP) is 2.84. The number of hydrogen-bond donors (Lipinski definition) is 2. The molecule has 0 atom stereocenters. The van der Waals surface area contributed by atoms with E-state index in [1.807, 2.05) is 37.3 Å². The van der Waals surface area contributed by atoms with E-state index in [1.54, 1.807) is 7.11 Å². The van der Waals surface area contributed by atoms with Crippen molar-refractivity contribution < 1.29 is 19.0 Å². The molecule has 0 saturated carbocycles. The van der Waals surface area contributed by atoms with Gasteiger partial charge in [0.05, 0.1) is 26.0 Å². The van der Waals surface area contributed by atoms with Gasteiger partial charge in [-0.2, -0.15) is 0 Å². The molecule has 0 unspecified atom stereocenters. The van der Waals surface area contributed by atoms with Gasteiger partial charge in [-0.3, -0.25) is 9.69 Å². The number of methoxy groups -OCH3 is 1. The van der Waals surface area contributed by atoms with Gasteiger partial charge in [-0.1, -0.05) is 12.1 Å². The Bertz CT molecular complexity index is 1080. The number of carbonyl (C=O) groups excluding carboxylic acids is 1. The van der Waals surface area contributed by atoms with Crippen LogP contribution in [-0.4, -0.2) is 62.4 Å². The highest BCUT2D eigenvalue weighted by molar-refractivity contribution is 7.21. The predicted molar refractivity (Wildman–Crippen MR) is 126 cm³/mol. The summed E-state index contributed by atoms with van der Waals surface area (Å²) in [6, 6.07) is 9.44. The van der Waals surface area contributed by atoms with Crippen LogP contribution in [0.15, 0.2) is 30.3 Å².